The Morgan fingerprint density at radius 3 is 2.28 bits per heavy atom. The summed E-state index contributed by atoms with van der Waals surface area (Å²) in [6.45, 7) is 5.46. The summed E-state index contributed by atoms with van der Waals surface area (Å²) in [5, 5.41) is 0.477. The van der Waals surface area contributed by atoms with Crippen molar-refractivity contribution in [1.29, 1.82) is 0 Å². The number of hydrogen-bond donors (Lipinski definition) is 0. The molecule has 1 aliphatic rings. The van der Waals surface area contributed by atoms with E-state index in [1.807, 2.05) is 9.80 Å². The summed E-state index contributed by atoms with van der Waals surface area (Å²) in [5.41, 5.74) is 1.22. The minimum absolute atomic E-state index is 0.359. The van der Waals surface area contributed by atoms with Gasteiger partial charge in [0, 0.05) is 50.4 Å². The van der Waals surface area contributed by atoms with Crippen LogP contribution in [0.4, 0.5) is 23.2 Å². The predicted octanol–water partition coefficient (Wildman–Crippen LogP) is 4.82. The fraction of sp³-hybridized carbons (Fsp3) is 0.348. The van der Waals surface area contributed by atoms with Crippen molar-refractivity contribution in [1.82, 2.24) is 9.47 Å². The Bertz CT molecular complexity index is 1120. The molecule has 4 rings (SSSR count). The second kappa shape index (κ2) is 8.46. The number of anilines is 1. The molecular formula is C23H23F4N3O2. The number of fused-ring (bicyclic) bond motifs is 1. The summed E-state index contributed by atoms with van der Waals surface area (Å²) < 4.78 is 60.6. The van der Waals surface area contributed by atoms with Crippen LogP contribution in [0.1, 0.15) is 19.4 Å². The topological polar surface area (TPSA) is 37.7 Å². The van der Waals surface area contributed by atoms with Crippen molar-refractivity contribution in [2.45, 2.75) is 26.3 Å². The molecule has 170 valence electrons. The van der Waals surface area contributed by atoms with Gasteiger partial charge in [-0.05, 0) is 49.4 Å². The van der Waals surface area contributed by atoms with E-state index in [2.05, 4.69) is 0 Å². The number of aromatic nitrogens is 1. The van der Waals surface area contributed by atoms with Crippen molar-refractivity contribution in [3.63, 3.8) is 0 Å². The lowest BCUT2D eigenvalue weighted by atomic mass is 10.1. The van der Waals surface area contributed by atoms with Gasteiger partial charge in [-0.25, -0.2) is 4.39 Å². The Morgan fingerprint density at radius 1 is 1.03 bits per heavy atom. The third-order valence-electron chi connectivity index (χ3n) is 5.72. The number of nitrogens with zero attached hydrogens (tertiary/aromatic N) is 3. The van der Waals surface area contributed by atoms with Crippen LogP contribution in [0.15, 0.2) is 48.7 Å². The Labute approximate surface area is 182 Å². The van der Waals surface area contributed by atoms with Gasteiger partial charge in [-0.3, -0.25) is 9.69 Å². The highest BCUT2D eigenvalue weighted by atomic mass is 19.4. The lowest BCUT2D eigenvalue weighted by Gasteiger charge is -2.38. The number of hydrogen-bond acceptors (Lipinski definition) is 4. The molecule has 1 saturated heterocycles. The Balaban J connectivity index is 1.70. The molecule has 9 heteroatoms. The summed E-state index contributed by atoms with van der Waals surface area (Å²) in [6, 6.07) is 9.50. The van der Waals surface area contributed by atoms with E-state index < -0.39 is 11.7 Å². The first-order valence-electron chi connectivity index (χ1n) is 10.3. The zero-order valence-electron chi connectivity index (χ0n) is 17.7. The van der Waals surface area contributed by atoms with Crippen molar-refractivity contribution in [2.24, 2.45) is 0 Å². The maximum atomic E-state index is 13.4. The van der Waals surface area contributed by atoms with Crippen LogP contribution >= 0.6 is 0 Å². The fourth-order valence-electron chi connectivity index (χ4n) is 4.10. The predicted molar refractivity (Wildman–Crippen MR) is 113 cm³/mol. The van der Waals surface area contributed by atoms with Crippen LogP contribution in [0, 0.1) is 5.82 Å². The van der Waals surface area contributed by atoms with Crippen LogP contribution in [-0.4, -0.2) is 47.8 Å². The summed E-state index contributed by atoms with van der Waals surface area (Å²) in [6.07, 6.45) is -3.03. The van der Waals surface area contributed by atoms with E-state index in [0.29, 0.717) is 48.5 Å². The third-order valence-corrected chi connectivity index (χ3v) is 5.72. The van der Waals surface area contributed by atoms with E-state index in [9.17, 15) is 22.4 Å². The van der Waals surface area contributed by atoms with Crippen molar-refractivity contribution < 1.29 is 27.1 Å². The van der Waals surface area contributed by atoms with Crippen LogP contribution in [0.3, 0.4) is 0 Å². The molecule has 0 bridgehead atoms. The van der Waals surface area contributed by atoms with Gasteiger partial charge in [0.2, 0.25) is 0 Å². The number of carbonyl (C=O) groups excluding carboxylic acids is 1. The number of piperazine rings is 1. The van der Waals surface area contributed by atoms with Gasteiger partial charge in [-0.2, -0.15) is 13.2 Å². The van der Waals surface area contributed by atoms with Crippen LogP contribution in [0.2, 0.25) is 0 Å². The molecule has 1 fully saturated rings. The molecule has 2 aromatic carbocycles. The van der Waals surface area contributed by atoms with E-state index in [0.717, 1.165) is 6.07 Å². The number of carbonyl (C=O) groups is 1. The van der Waals surface area contributed by atoms with Crippen LogP contribution in [0.5, 0.6) is 0 Å². The molecule has 0 radical (unpaired) electrons. The molecule has 32 heavy (non-hydrogen) atoms. The fourth-order valence-corrected chi connectivity index (χ4v) is 4.10. The molecule has 1 aromatic heterocycles. The largest absolute Gasteiger partial charge is 0.447 e. The number of ether oxygens (including phenoxy) is 1. The van der Waals surface area contributed by atoms with Crippen LogP contribution < -0.4 is 4.90 Å². The summed E-state index contributed by atoms with van der Waals surface area (Å²) in [5.74, 6) is -0.746. The number of alkyl halides is 3. The molecule has 0 N–H and O–H groups in total. The van der Waals surface area contributed by atoms with Crippen molar-refractivity contribution in [3.05, 3.63) is 60.0 Å². The number of benzene rings is 2. The van der Waals surface area contributed by atoms with Gasteiger partial charge < -0.3 is 14.2 Å². The first kappa shape index (κ1) is 22.1. The molecular weight excluding hydrogens is 426 g/mol. The smallest absolute Gasteiger partial charge is 0.416 e. The second-order valence-corrected chi connectivity index (χ2v) is 7.82. The van der Waals surface area contributed by atoms with E-state index in [1.54, 1.807) is 29.8 Å². The van der Waals surface area contributed by atoms with Gasteiger partial charge in [0.05, 0.1) is 16.8 Å². The molecule has 3 aromatic rings. The minimum Gasteiger partial charge on any atom is -0.447 e. The van der Waals surface area contributed by atoms with E-state index in [4.69, 9.17) is 4.74 Å². The highest BCUT2D eigenvalue weighted by Crippen LogP contribution is 2.37. The van der Waals surface area contributed by atoms with Crippen LogP contribution in [0.25, 0.3) is 16.6 Å². The third kappa shape index (κ3) is 4.43. The highest BCUT2D eigenvalue weighted by molar-refractivity contribution is 5.95. The lowest BCUT2D eigenvalue weighted by molar-refractivity contribution is -0.155. The number of rotatable bonds is 4. The van der Waals surface area contributed by atoms with E-state index in [-0.39, 0.29) is 18.0 Å². The minimum atomic E-state index is -4.46. The highest BCUT2D eigenvalue weighted by Gasteiger charge is 2.32. The van der Waals surface area contributed by atoms with Gasteiger partial charge in [0.1, 0.15) is 5.82 Å². The molecule has 1 aliphatic heterocycles. The second-order valence-electron chi connectivity index (χ2n) is 7.82. The summed E-state index contributed by atoms with van der Waals surface area (Å²) in [7, 11) is 0. The first-order valence-corrected chi connectivity index (χ1v) is 10.3. The van der Waals surface area contributed by atoms with Crippen LogP contribution in [-0.2, 0) is 15.7 Å². The van der Waals surface area contributed by atoms with E-state index in [1.165, 1.54) is 31.2 Å². The van der Waals surface area contributed by atoms with Crippen molar-refractivity contribution in [2.75, 3.05) is 31.1 Å². The number of halogens is 4. The van der Waals surface area contributed by atoms with Crippen molar-refractivity contribution >= 4 is 22.6 Å². The lowest BCUT2D eigenvalue weighted by Crippen LogP contribution is -2.50. The first-order chi connectivity index (χ1) is 15.1. The molecule has 0 spiro atoms. The number of esters is 1. The summed E-state index contributed by atoms with van der Waals surface area (Å²) in [4.78, 5) is 15.3. The maximum Gasteiger partial charge on any atom is 0.416 e. The van der Waals surface area contributed by atoms with Gasteiger partial charge in [0.15, 0.2) is 6.23 Å². The molecule has 1 unspecified atom stereocenters. The van der Waals surface area contributed by atoms with E-state index >= 15 is 0 Å². The molecule has 0 aliphatic carbocycles. The van der Waals surface area contributed by atoms with Crippen molar-refractivity contribution in [3.8, 4) is 5.69 Å². The van der Waals surface area contributed by atoms with Gasteiger partial charge in [-0.1, -0.05) is 0 Å². The standard InChI is InChI=1S/C23H23F4N3O2/c1-15(32-16(2)31)28-9-11-29(12-10-28)22-14-30(19-6-4-18(24)5-7-19)21-8-3-17(13-20(21)22)23(25,26)27/h3-8,13-15H,9-12H2,1-2H3. The zero-order valence-corrected chi connectivity index (χ0v) is 17.7. The SMILES string of the molecule is CC(=O)OC(C)N1CCN(c2cn(-c3ccc(F)cc3)c3ccc(C(F)(F)F)cc23)CC1. The maximum absolute atomic E-state index is 13.4. The molecule has 0 saturated carbocycles. The normalized spacial score (nSPS) is 16.4. The Morgan fingerprint density at radius 2 is 1.69 bits per heavy atom. The monoisotopic (exact) mass is 449 g/mol. The van der Waals surface area contributed by atoms with Gasteiger partial charge >= 0.3 is 12.1 Å². The Kier molecular flexibility index (Phi) is 5.85. The van der Waals surface area contributed by atoms with Gasteiger partial charge in [-0.15, -0.1) is 0 Å². The molecule has 1 atom stereocenters. The average molecular weight is 449 g/mol. The summed E-state index contributed by atoms with van der Waals surface area (Å²) >= 11 is 0. The quantitative estimate of drug-likeness (QED) is 0.423. The molecule has 2 heterocycles. The molecule has 0 amide bonds. The average Bonchev–Trinajstić information content (AvgIpc) is 3.12. The zero-order chi connectivity index (χ0) is 23.0. The molecule has 5 nitrogen and oxygen atoms in total. The van der Waals surface area contributed by atoms with Gasteiger partial charge in [0.25, 0.3) is 0 Å². The Hall–Kier alpha value is -3.07.